The van der Waals surface area contributed by atoms with Crippen molar-refractivity contribution in [2.75, 3.05) is 18.1 Å². The third kappa shape index (κ3) is 3.84. The number of hydrogen-bond acceptors (Lipinski definition) is 5. The van der Waals surface area contributed by atoms with Gasteiger partial charge in [0.2, 0.25) is 0 Å². The van der Waals surface area contributed by atoms with Crippen LogP contribution < -0.4 is 10.5 Å². The van der Waals surface area contributed by atoms with Crippen molar-refractivity contribution in [3.63, 3.8) is 0 Å². The normalized spacial score (nSPS) is 10.7. The topological polar surface area (TPSA) is 66.0 Å². The Hall–Kier alpha value is -2.47. The maximum absolute atomic E-state index is 5.72. The molecule has 3 aromatic rings. The van der Waals surface area contributed by atoms with E-state index in [1.807, 2.05) is 66.2 Å². The number of nitrogens with two attached hydrogens (primary N) is 1. The van der Waals surface area contributed by atoms with E-state index >= 15 is 0 Å². The third-order valence-corrected chi connectivity index (χ3v) is 4.31. The summed E-state index contributed by atoms with van der Waals surface area (Å²) in [6, 6.07) is 17.4. The molecule has 0 amide bonds. The second kappa shape index (κ2) is 7.19. The maximum atomic E-state index is 5.72. The smallest absolute Gasteiger partial charge is 0.191 e. The van der Waals surface area contributed by atoms with Crippen molar-refractivity contribution in [3.05, 3.63) is 54.6 Å². The predicted molar refractivity (Wildman–Crippen MR) is 93.5 cm³/mol. The molecule has 2 N–H and O–H groups in total. The quantitative estimate of drug-likeness (QED) is 0.428. The van der Waals surface area contributed by atoms with Gasteiger partial charge in [-0.2, -0.15) is 0 Å². The van der Waals surface area contributed by atoms with Crippen LogP contribution in [-0.4, -0.2) is 27.1 Å². The molecule has 23 heavy (non-hydrogen) atoms. The van der Waals surface area contributed by atoms with E-state index < -0.39 is 0 Å². The highest BCUT2D eigenvalue weighted by Gasteiger charge is 2.10. The van der Waals surface area contributed by atoms with Gasteiger partial charge in [0.15, 0.2) is 11.0 Å². The van der Waals surface area contributed by atoms with Gasteiger partial charge >= 0.3 is 0 Å². The Kier molecular flexibility index (Phi) is 4.83. The van der Waals surface area contributed by atoms with E-state index in [0.29, 0.717) is 6.61 Å². The van der Waals surface area contributed by atoms with Crippen molar-refractivity contribution in [1.82, 2.24) is 14.8 Å². The van der Waals surface area contributed by atoms with Crippen molar-refractivity contribution < 1.29 is 4.74 Å². The molecule has 0 aliphatic heterocycles. The highest BCUT2D eigenvalue weighted by Crippen LogP contribution is 2.23. The second-order valence-electron chi connectivity index (χ2n) is 5.00. The molecule has 0 bridgehead atoms. The molecule has 1 aromatic heterocycles. The highest BCUT2D eigenvalue weighted by atomic mass is 32.2. The minimum absolute atomic E-state index is 0.624. The fraction of sp³-hybridized carbons (Fsp3) is 0.176. The van der Waals surface area contributed by atoms with Gasteiger partial charge in [-0.25, -0.2) is 0 Å². The van der Waals surface area contributed by atoms with Gasteiger partial charge in [0, 0.05) is 24.1 Å². The maximum Gasteiger partial charge on any atom is 0.191 e. The highest BCUT2D eigenvalue weighted by molar-refractivity contribution is 7.99. The van der Waals surface area contributed by atoms with Gasteiger partial charge in [-0.3, -0.25) is 0 Å². The fourth-order valence-electron chi connectivity index (χ4n) is 2.13. The van der Waals surface area contributed by atoms with Crippen LogP contribution in [0, 0.1) is 0 Å². The summed E-state index contributed by atoms with van der Waals surface area (Å²) in [5.41, 5.74) is 7.46. The molecule has 3 rings (SSSR count). The van der Waals surface area contributed by atoms with Gasteiger partial charge in [0.1, 0.15) is 5.75 Å². The number of thioether (sulfide) groups is 1. The predicted octanol–water partition coefficient (Wildman–Crippen LogP) is 3.24. The SMILES string of the molecule is Cn1c(SCCOc2ccccc2)nnc1-c1ccc(N)cc1. The zero-order valence-electron chi connectivity index (χ0n) is 12.8. The summed E-state index contributed by atoms with van der Waals surface area (Å²) in [5, 5.41) is 9.38. The van der Waals surface area contributed by atoms with Gasteiger partial charge in [-0.15, -0.1) is 10.2 Å². The number of benzene rings is 2. The molecular formula is C17H18N4OS. The molecule has 0 aliphatic rings. The van der Waals surface area contributed by atoms with Crippen molar-refractivity contribution >= 4 is 17.4 Å². The first-order valence-electron chi connectivity index (χ1n) is 7.30. The molecular weight excluding hydrogens is 308 g/mol. The summed E-state index contributed by atoms with van der Waals surface area (Å²) in [5.74, 6) is 2.52. The Morgan fingerprint density at radius 2 is 1.78 bits per heavy atom. The summed E-state index contributed by atoms with van der Waals surface area (Å²) in [6.45, 7) is 0.624. The van der Waals surface area contributed by atoms with Crippen LogP contribution >= 0.6 is 11.8 Å². The van der Waals surface area contributed by atoms with Crippen molar-refractivity contribution in [3.8, 4) is 17.1 Å². The van der Waals surface area contributed by atoms with Crippen LogP contribution in [0.3, 0.4) is 0 Å². The molecule has 6 heteroatoms. The summed E-state index contributed by atoms with van der Waals surface area (Å²) in [7, 11) is 1.96. The van der Waals surface area contributed by atoms with Crippen LogP contribution in [0.5, 0.6) is 5.75 Å². The van der Waals surface area contributed by atoms with Gasteiger partial charge in [0.05, 0.1) is 6.61 Å². The number of anilines is 1. The molecule has 0 fully saturated rings. The first-order valence-corrected chi connectivity index (χ1v) is 8.28. The van der Waals surface area contributed by atoms with Crippen LogP contribution in [0.15, 0.2) is 59.8 Å². The molecule has 2 aromatic carbocycles. The molecule has 5 nitrogen and oxygen atoms in total. The zero-order chi connectivity index (χ0) is 16.1. The van der Waals surface area contributed by atoms with Crippen molar-refractivity contribution in [1.29, 1.82) is 0 Å². The fourth-order valence-corrected chi connectivity index (χ4v) is 2.86. The van der Waals surface area contributed by atoms with Crippen LogP contribution in [0.1, 0.15) is 0 Å². The van der Waals surface area contributed by atoms with Crippen LogP contribution in [0.25, 0.3) is 11.4 Å². The summed E-state index contributed by atoms with van der Waals surface area (Å²) >= 11 is 1.62. The third-order valence-electron chi connectivity index (χ3n) is 3.33. The molecule has 0 saturated heterocycles. The molecule has 0 radical (unpaired) electrons. The minimum atomic E-state index is 0.624. The van der Waals surface area contributed by atoms with Gasteiger partial charge in [0.25, 0.3) is 0 Å². The molecule has 0 aliphatic carbocycles. The zero-order valence-corrected chi connectivity index (χ0v) is 13.7. The summed E-state index contributed by atoms with van der Waals surface area (Å²) in [4.78, 5) is 0. The average molecular weight is 326 g/mol. The number of nitrogen functional groups attached to an aromatic ring is 1. The van der Waals surface area contributed by atoms with Crippen molar-refractivity contribution in [2.24, 2.45) is 7.05 Å². The lowest BCUT2D eigenvalue weighted by atomic mass is 10.2. The number of para-hydroxylation sites is 1. The van der Waals surface area contributed by atoms with E-state index in [1.165, 1.54) is 0 Å². The molecule has 0 atom stereocenters. The number of nitrogens with zero attached hydrogens (tertiary/aromatic N) is 3. The van der Waals surface area contributed by atoms with Gasteiger partial charge in [-0.1, -0.05) is 30.0 Å². The number of hydrogen-bond donors (Lipinski definition) is 1. The largest absolute Gasteiger partial charge is 0.493 e. The first-order chi connectivity index (χ1) is 11.2. The van der Waals surface area contributed by atoms with E-state index in [2.05, 4.69) is 10.2 Å². The Morgan fingerprint density at radius 3 is 2.52 bits per heavy atom. The van der Waals surface area contributed by atoms with E-state index in [0.717, 1.165) is 33.7 Å². The number of ether oxygens (including phenoxy) is 1. The Balaban J connectivity index is 1.58. The molecule has 118 valence electrons. The first kappa shape index (κ1) is 15.4. The summed E-state index contributed by atoms with van der Waals surface area (Å²) < 4.78 is 7.66. The van der Waals surface area contributed by atoms with E-state index in [4.69, 9.17) is 10.5 Å². The second-order valence-corrected chi connectivity index (χ2v) is 6.06. The minimum Gasteiger partial charge on any atom is -0.493 e. The van der Waals surface area contributed by atoms with E-state index in [-0.39, 0.29) is 0 Å². The molecule has 0 spiro atoms. The van der Waals surface area contributed by atoms with E-state index in [1.54, 1.807) is 11.8 Å². The van der Waals surface area contributed by atoms with Gasteiger partial charge < -0.3 is 15.0 Å². The molecule has 0 saturated carbocycles. The summed E-state index contributed by atoms with van der Waals surface area (Å²) in [6.07, 6.45) is 0. The van der Waals surface area contributed by atoms with Crippen LogP contribution in [-0.2, 0) is 7.05 Å². The van der Waals surface area contributed by atoms with Crippen LogP contribution in [0.4, 0.5) is 5.69 Å². The Bertz CT molecular complexity index is 756. The van der Waals surface area contributed by atoms with Crippen molar-refractivity contribution in [2.45, 2.75) is 5.16 Å². The van der Waals surface area contributed by atoms with Crippen LogP contribution in [0.2, 0.25) is 0 Å². The number of aromatic nitrogens is 3. The lowest BCUT2D eigenvalue weighted by molar-refractivity contribution is 0.344. The lowest BCUT2D eigenvalue weighted by Crippen LogP contribution is -2.02. The van der Waals surface area contributed by atoms with Gasteiger partial charge in [-0.05, 0) is 36.4 Å². The standard InChI is InChI=1S/C17H18N4OS/c1-21-16(13-7-9-14(18)10-8-13)19-20-17(21)23-12-11-22-15-5-3-2-4-6-15/h2-10H,11-12,18H2,1H3. The van der Waals surface area contributed by atoms with E-state index in [9.17, 15) is 0 Å². The number of rotatable bonds is 6. The Labute approximate surface area is 139 Å². The molecule has 0 unspecified atom stereocenters. The average Bonchev–Trinajstić information content (AvgIpc) is 2.94. The monoisotopic (exact) mass is 326 g/mol. The Morgan fingerprint density at radius 1 is 1.04 bits per heavy atom. The molecule has 1 heterocycles. The lowest BCUT2D eigenvalue weighted by Gasteiger charge is -2.06.